The number of ketones is 1. The van der Waals surface area contributed by atoms with Crippen LogP contribution < -0.4 is 5.32 Å². The van der Waals surface area contributed by atoms with Gasteiger partial charge in [0.1, 0.15) is 5.56 Å². The summed E-state index contributed by atoms with van der Waals surface area (Å²) in [5.74, 6) is -0.542. The van der Waals surface area contributed by atoms with Crippen molar-refractivity contribution < 1.29 is 14.5 Å². The average molecular weight is 276 g/mol. The van der Waals surface area contributed by atoms with Crippen LogP contribution in [0.3, 0.4) is 0 Å². The Bertz CT molecular complexity index is 536. The highest BCUT2D eigenvalue weighted by molar-refractivity contribution is 6.00. The topological polar surface area (TPSA) is 89.3 Å². The van der Waals surface area contributed by atoms with Crippen LogP contribution in [0.1, 0.15) is 36.0 Å². The van der Waals surface area contributed by atoms with Gasteiger partial charge in [0, 0.05) is 12.0 Å². The zero-order chi connectivity index (χ0) is 14.5. The molecule has 1 fully saturated rings. The van der Waals surface area contributed by atoms with Gasteiger partial charge in [0.2, 0.25) is 0 Å². The molecule has 106 valence electrons. The number of hydrogen-bond acceptors (Lipinski definition) is 4. The third-order valence-electron chi connectivity index (χ3n) is 3.58. The molecule has 0 radical (unpaired) electrons. The molecular formula is C14H16N2O4. The first-order chi connectivity index (χ1) is 9.59. The van der Waals surface area contributed by atoms with E-state index in [1.807, 2.05) is 0 Å². The lowest BCUT2D eigenvalue weighted by molar-refractivity contribution is -0.385. The minimum absolute atomic E-state index is 0.00874. The number of nitro groups is 1. The number of nitro benzene ring substituents is 1. The van der Waals surface area contributed by atoms with Gasteiger partial charge in [-0.2, -0.15) is 0 Å². The van der Waals surface area contributed by atoms with Gasteiger partial charge >= 0.3 is 0 Å². The van der Waals surface area contributed by atoms with Gasteiger partial charge in [-0.1, -0.05) is 25.0 Å². The molecule has 0 aromatic heterocycles. The van der Waals surface area contributed by atoms with Crippen LogP contribution in [0, 0.1) is 16.0 Å². The van der Waals surface area contributed by atoms with Crippen molar-refractivity contribution in [3.05, 3.63) is 39.9 Å². The number of benzene rings is 1. The highest BCUT2D eigenvalue weighted by Crippen LogP contribution is 2.25. The molecule has 6 nitrogen and oxygen atoms in total. The van der Waals surface area contributed by atoms with E-state index < -0.39 is 10.8 Å². The van der Waals surface area contributed by atoms with E-state index in [1.54, 1.807) is 6.07 Å². The smallest absolute Gasteiger partial charge is 0.282 e. The van der Waals surface area contributed by atoms with Crippen LogP contribution >= 0.6 is 0 Å². The summed E-state index contributed by atoms with van der Waals surface area (Å²) in [7, 11) is 0. The summed E-state index contributed by atoms with van der Waals surface area (Å²) in [6.07, 6.45) is 3.85. The van der Waals surface area contributed by atoms with Gasteiger partial charge in [-0.15, -0.1) is 0 Å². The van der Waals surface area contributed by atoms with Crippen LogP contribution in [-0.2, 0) is 4.79 Å². The van der Waals surface area contributed by atoms with Crippen molar-refractivity contribution in [1.82, 2.24) is 5.32 Å². The first-order valence-corrected chi connectivity index (χ1v) is 6.64. The Morgan fingerprint density at radius 3 is 2.55 bits per heavy atom. The van der Waals surface area contributed by atoms with Gasteiger partial charge < -0.3 is 5.32 Å². The van der Waals surface area contributed by atoms with Crippen LogP contribution in [0.5, 0.6) is 0 Å². The van der Waals surface area contributed by atoms with Crippen molar-refractivity contribution in [2.75, 3.05) is 6.54 Å². The first kappa shape index (κ1) is 14.2. The van der Waals surface area contributed by atoms with Crippen LogP contribution in [0.25, 0.3) is 0 Å². The molecule has 6 heteroatoms. The van der Waals surface area contributed by atoms with E-state index in [4.69, 9.17) is 0 Å². The van der Waals surface area contributed by atoms with Crippen molar-refractivity contribution >= 4 is 17.4 Å². The van der Waals surface area contributed by atoms with Gasteiger partial charge in [0.05, 0.1) is 11.5 Å². The van der Waals surface area contributed by atoms with E-state index >= 15 is 0 Å². The lowest BCUT2D eigenvalue weighted by atomic mass is 10.0. The molecule has 0 bridgehead atoms. The quantitative estimate of drug-likeness (QED) is 0.658. The predicted octanol–water partition coefficient (Wildman–Crippen LogP) is 2.08. The Morgan fingerprint density at radius 2 is 1.90 bits per heavy atom. The number of Topliss-reactive ketones (excluding diaryl/α,β-unsaturated/α-hetero) is 1. The molecule has 0 atom stereocenters. The Labute approximate surface area is 116 Å². The van der Waals surface area contributed by atoms with E-state index in [0.29, 0.717) is 0 Å². The highest BCUT2D eigenvalue weighted by atomic mass is 16.6. The third kappa shape index (κ3) is 3.20. The summed E-state index contributed by atoms with van der Waals surface area (Å²) in [6.45, 7) is -0.0600. The Hall–Kier alpha value is -2.24. The number of carbonyl (C=O) groups is 2. The summed E-state index contributed by atoms with van der Waals surface area (Å²) >= 11 is 0. The molecule has 0 unspecified atom stereocenters. The predicted molar refractivity (Wildman–Crippen MR) is 72.4 cm³/mol. The SMILES string of the molecule is O=C(NCC(=O)C1CCCC1)c1ccccc1[N+](=O)[O-]. The van der Waals surface area contributed by atoms with Crippen LogP contribution in [-0.4, -0.2) is 23.2 Å². The summed E-state index contributed by atoms with van der Waals surface area (Å²) in [4.78, 5) is 34.0. The van der Waals surface area contributed by atoms with Crippen molar-refractivity contribution in [2.45, 2.75) is 25.7 Å². The van der Waals surface area contributed by atoms with E-state index in [0.717, 1.165) is 25.7 Å². The third-order valence-corrected chi connectivity index (χ3v) is 3.58. The van der Waals surface area contributed by atoms with E-state index in [1.165, 1.54) is 18.2 Å². The van der Waals surface area contributed by atoms with E-state index in [-0.39, 0.29) is 29.5 Å². The monoisotopic (exact) mass is 276 g/mol. The fourth-order valence-corrected chi connectivity index (χ4v) is 2.48. The highest BCUT2D eigenvalue weighted by Gasteiger charge is 2.24. The molecule has 0 spiro atoms. The molecule has 1 aromatic carbocycles. The van der Waals surface area contributed by atoms with Gasteiger partial charge in [-0.25, -0.2) is 0 Å². The zero-order valence-corrected chi connectivity index (χ0v) is 11.0. The fourth-order valence-electron chi connectivity index (χ4n) is 2.48. The maximum atomic E-state index is 11.9. The normalized spacial score (nSPS) is 15.0. The largest absolute Gasteiger partial charge is 0.345 e. The summed E-state index contributed by atoms with van der Waals surface area (Å²) in [6, 6.07) is 5.71. The molecule has 1 aliphatic carbocycles. The van der Waals surface area contributed by atoms with Crippen molar-refractivity contribution in [3.8, 4) is 0 Å². The number of amides is 1. The van der Waals surface area contributed by atoms with Gasteiger partial charge in [-0.05, 0) is 18.9 Å². The van der Waals surface area contributed by atoms with Crippen LogP contribution in [0.2, 0.25) is 0 Å². The van der Waals surface area contributed by atoms with Crippen molar-refractivity contribution in [3.63, 3.8) is 0 Å². The maximum Gasteiger partial charge on any atom is 0.282 e. The Morgan fingerprint density at radius 1 is 1.25 bits per heavy atom. The molecule has 1 amide bonds. The minimum Gasteiger partial charge on any atom is -0.345 e. The molecular weight excluding hydrogens is 260 g/mol. The maximum absolute atomic E-state index is 11.9. The summed E-state index contributed by atoms with van der Waals surface area (Å²) in [5.41, 5.74) is -0.268. The van der Waals surface area contributed by atoms with Gasteiger partial charge in [0.25, 0.3) is 11.6 Å². The standard InChI is InChI=1S/C14H16N2O4/c17-13(10-5-1-2-6-10)9-15-14(18)11-7-3-4-8-12(11)16(19)20/h3-4,7-8,10H,1-2,5-6,9H2,(H,15,18). The number of carbonyl (C=O) groups excluding carboxylic acids is 2. The summed E-state index contributed by atoms with van der Waals surface area (Å²) in [5, 5.41) is 13.3. The van der Waals surface area contributed by atoms with Crippen molar-refractivity contribution in [1.29, 1.82) is 0 Å². The molecule has 0 heterocycles. The van der Waals surface area contributed by atoms with E-state index in [2.05, 4.69) is 5.32 Å². The first-order valence-electron chi connectivity index (χ1n) is 6.64. The second kappa shape index (κ2) is 6.27. The lowest BCUT2D eigenvalue weighted by Gasteiger charge is -2.09. The van der Waals surface area contributed by atoms with E-state index in [9.17, 15) is 19.7 Å². The molecule has 1 N–H and O–H groups in total. The fraction of sp³-hybridized carbons (Fsp3) is 0.429. The molecule has 0 saturated heterocycles. The van der Waals surface area contributed by atoms with Gasteiger partial charge in [0.15, 0.2) is 5.78 Å². The number of hydrogen-bond donors (Lipinski definition) is 1. The number of para-hydroxylation sites is 1. The second-order valence-corrected chi connectivity index (χ2v) is 4.90. The van der Waals surface area contributed by atoms with Crippen LogP contribution in [0.4, 0.5) is 5.69 Å². The zero-order valence-electron chi connectivity index (χ0n) is 11.0. The minimum atomic E-state index is -0.603. The number of nitrogens with zero attached hydrogens (tertiary/aromatic N) is 1. The number of nitrogens with one attached hydrogen (secondary N) is 1. The molecule has 2 rings (SSSR count). The molecule has 20 heavy (non-hydrogen) atoms. The molecule has 1 aromatic rings. The van der Waals surface area contributed by atoms with Crippen molar-refractivity contribution in [2.24, 2.45) is 5.92 Å². The molecule has 1 saturated carbocycles. The second-order valence-electron chi connectivity index (χ2n) is 4.90. The molecule has 1 aliphatic rings. The average Bonchev–Trinajstić information content (AvgIpc) is 2.98. The molecule has 0 aliphatic heterocycles. The number of rotatable bonds is 5. The Kier molecular flexibility index (Phi) is 4.45. The lowest BCUT2D eigenvalue weighted by Crippen LogP contribution is -2.32. The van der Waals surface area contributed by atoms with Gasteiger partial charge in [-0.3, -0.25) is 19.7 Å². The van der Waals surface area contributed by atoms with Crippen LogP contribution in [0.15, 0.2) is 24.3 Å². The Balaban J connectivity index is 1.98. The summed E-state index contributed by atoms with van der Waals surface area (Å²) < 4.78 is 0.